The van der Waals surface area contributed by atoms with E-state index in [0.29, 0.717) is 5.75 Å². The number of para-hydroxylation sites is 1. The van der Waals surface area contributed by atoms with Crippen molar-refractivity contribution in [2.45, 2.75) is 0 Å². The van der Waals surface area contributed by atoms with Crippen molar-refractivity contribution in [1.29, 1.82) is 0 Å². The van der Waals surface area contributed by atoms with Gasteiger partial charge in [0.15, 0.2) is 0 Å². The zero-order chi connectivity index (χ0) is 13.8. The summed E-state index contributed by atoms with van der Waals surface area (Å²) in [5, 5.41) is 2.31. The average molecular weight is 263 g/mol. The number of hydrogen-bond donors (Lipinski definition) is 1. The first kappa shape index (κ1) is 13.0. The molecule has 1 amide bonds. The quantitative estimate of drug-likeness (QED) is 0.923. The van der Waals surface area contributed by atoms with E-state index in [4.69, 9.17) is 4.74 Å². The van der Waals surface area contributed by atoms with Crippen LogP contribution in [-0.2, 0) is 0 Å². The summed E-state index contributed by atoms with van der Waals surface area (Å²) >= 11 is 0. The fourth-order valence-electron chi connectivity index (χ4n) is 1.56. The van der Waals surface area contributed by atoms with Crippen molar-refractivity contribution in [2.75, 3.05) is 12.4 Å². The average Bonchev–Trinajstić information content (AvgIpc) is 2.41. The fourth-order valence-corrected chi connectivity index (χ4v) is 1.56. The van der Waals surface area contributed by atoms with Crippen LogP contribution in [-0.4, -0.2) is 13.0 Å². The molecule has 5 heteroatoms. The molecule has 2 aromatic carbocycles. The van der Waals surface area contributed by atoms with Crippen LogP contribution in [0.2, 0.25) is 0 Å². The van der Waals surface area contributed by atoms with E-state index in [-0.39, 0.29) is 11.3 Å². The highest BCUT2D eigenvalue weighted by Crippen LogP contribution is 2.19. The van der Waals surface area contributed by atoms with Crippen LogP contribution in [0.1, 0.15) is 10.4 Å². The third kappa shape index (κ3) is 2.88. The lowest BCUT2D eigenvalue weighted by molar-refractivity contribution is 0.102. The van der Waals surface area contributed by atoms with Crippen molar-refractivity contribution in [3.63, 3.8) is 0 Å². The van der Waals surface area contributed by atoms with Gasteiger partial charge in [0.2, 0.25) is 0 Å². The topological polar surface area (TPSA) is 38.3 Å². The van der Waals surface area contributed by atoms with Crippen molar-refractivity contribution in [3.8, 4) is 5.75 Å². The lowest BCUT2D eigenvalue weighted by Gasteiger charge is -2.08. The van der Waals surface area contributed by atoms with Gasteiger partial charge in [-0.25, -0.2) is 8.78 Å². The number of amides is 1. The molecule has 0 saturated heterocycles. The van der Waals surface area contributed by atoms with Crippen LogP contribution in [0.3, 0.4) is 0 Å². The molecule has 0 saturated carbocycles. The Balaban J connectivity index is 2.23. The summed E-state index contributed by atoms with van der Waals surface area (Å²) < 4.78 is 31.8. The standard InChI is InChI=1S/C14H11F2NO2/c1-19-9-6-7-10(12(16)8-9)14(18)17-13-5-3-2-4-11(13)15/h2-8H,1H3,(H,17,18). The Kier molecular flexibility index (Phi) is 3.75. The predicted molar refractivity (Wildman–Crippen MR) is 67.3 cm³/mol. The van der Waals surface area contributed by atoms with Gasteiger partial charge in [0.1, 0.15) is 17.4 Å². The van der Waals surface area contributed by atoms with Crippen molar-refractivity contribution in [1.82, 2.24) is 0 Å². The smallest absolute Gasteiger partial charge is 0.258 e. The summed E-state index contributed by atoms with van der Waals surface area (Å²) in [6.45, 7) is 0. The molecule has 0 spiro atoms. The van der Waals surface area contributed by atoms with Crippen molar-refractivity contribution < 1.29 is 18.3 Å². The normalized spacial score (nSPS) is 10.1. The van der Waals surface area contributed by atoms with Gasteiger partial charge in [0, 0.05) is 6.07 Å². The Hall–Kier alpha value is -2.43. The summed E-state index contributed by atoms with van der Waals surface area (Å²) in [6, 6.07) is 9.51. The highest BCUT2D eigenvalue weighted by atomic mass is 19.1. The highest BCUT2D eigenvalue weighted by molar-refractivity contribution is 6.04. The number of methoxy groups -OCH3 is 1. The second kappa shape index (κ2) is 5.48. The zero-order valence-electron chi connectivity index (χ0n) is 10.1. The van der Waals surface area contributed by atoms with Crippen LogP contribution in [0.15, 0.2) is 42.5 Å². The predicted octanol–water partition coefficient (Wildman–Crippen LogP) is 3.23. The van der Waals surface area contributed by atoms with Gasteiger partial charge in [-0.3, -0.25) is 4.79 Å². The summed E-state index contributed by atoms with van der Waals surface area (Å²) in [4.78, 5) is 11.8. The van der Waals surface area contributed by atoms with Crippen LogP contribution in [0.4, 0.5) is 14.5 Å². The first-order valence-corrected chi connectivity index (χ1v) is 5.51. The Bertz CT molecular complexity index is 614. The number of rotatable bonds is 3. The molecule has 0 radical (unpaired) electrons. The van der Waals surface area contributed by atoms with E-state index in [1.165, 1.54) is 37.4 Å². The van der Waals surface area contributed by atoms with E-state index in [1.807, 2.05) is 0 Å². The Morgan fingerprint density at radius 1 is 1.11 bits per heavy atom. The molecule has 3 nitrogen and oxygen atoms in total. The van der Waals surface area contributed by atoms with Gasteiger partial charge in [0.25, 0.3) is 5.91 Å². The molecule has 0 aliphatic carbocycles. The number of carbonyl (C=O) groups excluding carboxylic acids is 1. The number of ether oxygens (including phenoxy) is 1. The maximum Gasteiger partial charge on any atom is 0.258 e. The largest absolute Gasteiger partial charge is 0.497 e. The molecular weight excluding hydrogens is 252 g/mol. The molecule has 98 valence electrons. The number of hydrogen-bond acceptors (Lipinski definition) is 2. The molecule has 2 rings (SSSR count). The molecule has 0 atom stereocenters. The Labute approximate surface area is 108 Å². The maximum absolute atomic E-state index is 13.7. The molecule has 1 N–H and O–H groups in total. The number of carbonyl (C=O) groups is 1. The van der Waals surface area contributed by atoms with Crippen LogP contribution in [0.5, 0.6) is 5.75 Å². The second-order valence-corrected chi connectivity index (χ2v) is 3.78. The van der Waals surface area contributed by atoms with Crippen molar-refractivity contribution in [2.24, 2.45) is 0 Å². The highest BCUT2D eigenvalue weighted by Gasteiger charge is 2.14. The van der Waals surface area contributed by atoms with E-state index in [0.717, 1.165) is 6.07 Å². The third-order valence-electron chi connectivity index (χ3n) is 2.54. The van der Waals surface area contributed by atoms with E-state index in [1.54, 1.807) is 6.07 Å². The molecule has 19 heavy (non-hydrogen) atoms. The molecule has 2 aromatic rings. The zero-order valence-corrected chi connectivity index (χ0v) is 10.1. The minimum atomic E-state index is -0.729. The van der Waals surface area contributed by atoms with Crippen molar-refractivity contribution in [3.05, 3.63) is 59.7 Å². The third-order valence-corrected chi connectivity index (χ3v) is 2.54. The van der Waals surface area contributed by atoms with Gasteiger partial charge >= 0.3 is 0 Å². The lowest BCUT2D eigenvalue weighted by Crippen LogP contribution is -2.14. The molecular formula is C14H11F2NO2. The maximum atomic E-state index is 13.7. The summed E-state index contributed by atoms with van der Waals surface area (Å²) in [6.07, 6.45) is 0. The summed E-state index contributed by atoms with van der Waals surface area (Å²) in [5.41, 5.74) is -0.174. The Morgan fingerprint density at radius 3 is 2.47 bits per heavy atom. The fraction of sp³-hybridized carbons (Fsp3) is 0.0714. The lowest BCUT2D eigenvalue weighted by atomic mass is 10.2. The minimum Gasteiger partial charge on any atom is -0.497 e. The Morgan fingerprint density at radius 2 is 1.84 bits per heavy atom. The summed E-state index contributed by atoms with van der Waals surface area (Å²) in [7, 11) is 1.40. The van der Waals surface area contributed by atoms with Gasteiger partial charge in [0.05, 0.1) is 18.4 Å². The van der Waals surface area contributed by atoms with E-state index < -0.39 is 17.5 Å². The monoisotopic (exact) mass is 263 g/mol. The van der Waals surface area contributed by atoms with Gasteiger partial charge in [-0.05, 0) is 24.3 Å². The van der Waals surface area contributed by atoms with Gasteiger partial charge in [-0.15, -0.1) is 0 Å². The number of benzene rings is 2. The number of halogens is 2. The summed E-state index contributed by atoms with van der Waals surface area (Å²) in [5.74, 6) is -1.72. The molecule has 0 unspecified atom stereocenters. The van der Waals surface area contributed by atoms with Crippen molar-refractivity contribution >= 4 is 11.6 Å². The first-order valence-electron chi connectivity index (χ1n) is 5.51. The van der Waals surface area contributed by atoms with Crippen LogP contribution >= 0.6 is 0 Å². The second-order valence-electron chi connectivity index (χ2n) is 3.78. The van der Waals surface area contributed by atoms with E-state index >= 15 is 0 Å². The van der Waals surface area contributed by atoms with Crippen LogP contribution < -0.4 is 10.1 Å². The molecule has 0 aliphatic heterocycles. The molecule has 0 aliphatic rings. The molecule has 0 bridgehead atoms. The SMILES string of the molecule is COc1ccc(C(=O)Nc2ccccc2F)c(F)c1. The van der Waals surface area contributed by atoms with Gasteiger partial charge in [-0.2, -0.15) is 0 Å². The number of nitrogens with one attached hydrogen (secondary N) is 1. The number of anilines is 1. The van der Waals surface area contributed by atoms with E-state index in [2.05, 4.69) is 5.32 Å². The van der Waals surface area contributed by atoms with Gasteiger partial charge < -0.3 is 10.1 Å². The molecule has 0 heterocycles. The van der Waals surface area contributed by atoms with Crippen LogP contribution in [0, 0.1) is 11.6 Å². The minimum absolute atomic E-state index is 0.00252. The molecule has 0 fully saturated rings. The van der Waals surface area contributed by atoms with Gasteiger partial charge in [-0.1, -0.05) is 12.1 Å². The van der Waals surface area contributed by atoms with Crippen LogP contribution in [0.25, 0.3) is 0 Å². The first-order chi connectivity index (χ1) is 9.11. The molecule has 0 aromatic heterocycles. The van der Waals surface area contributed by atoms with E-state index in [9.17, 15) is 13.6 Å².